The highest BCUT2D eigenvalue weighted by atomic mass is 19.3. The van der Waals surface area contributed by atoms with Crippen molar-refractivity contribution in [2.75, 3.05) is 0 Å². The van der Waals surface area contributed by atoms with Crippen LogP contribution in [0.1, 0.15) is 29.5 Å². The molecule has 96 valence electrons. The van der Waals surface area contributed by atoms with Crippen LogP contribution in [-0.2, 0) is 17.6 Å². The van der Waals surface area contributed by atoms with E-state index in [1.54, 1.807) is 6.07 Å². The molecule has 2 nitrogen and oxygen atoms in total. The van der Waals surface area contributed by atoms with Crippen molar-refractivity contribution < 1.29 is 18.7 Å². The molecule has 0 heterocycles. The number of halogens is 2. The number of carboxylic acid groups (broad SMARTS) is 1. The average Bonchev–Trinajstić information content (AvgIpc) is 2.36. The van der Waals surface area contributed by atoms with Crippen LogP contribution in [0.3, 0.4) is 0 Å². The number of aryl methyl sites for hydroxylation is 2. The first-order valence-electron chi connectivity index (χ1n) is 5.88. The monoisotopic (exact) mass is 252 g/mol. The van der Waals surface area contributed by atoms with Gasteiger partial charge in [-0.25, -0.2) is 4.79 Å². The van der Waals surface area contributed by atoms with E-state index in [0.717, 1.165) is 24.0 Å². The molecule has 1 N–H and O–H groups in total. The Morgan fingerprint density at radius 2 is 2.17 bits per heavy atom. The lowest BCUT2D eigenvalue weighted by molar-refractivity contribution is -0.165. The molecule has 2 rings (SSSR count). The van der Waals surface area contributed by atoms with Crippen LogP contribution < -0.4 is 0 Å². The largest absolute Gasteiger partial charge is 0.477 e. The lowest BCUT2D eigenvalue weighted by Crippen LogP contribution is -2.28. The van der Waals surface area contributed by atoms with Crippen molar-refractivity contribution in [2.24, 2.45) is 0 Å². The van der Waals surface area contributed by atoms with Gasteiger partial charge < -0.3 is 5.11 Å². The van der Waals surface area contributed by atoms with E-state index in [2.05, 4.69) is 6.08 Å². The molecule has 0 fully saturated rings. The lowest BCUT2D eigenvalue weighted by Gasteiger charge is -2.14. The van der Waals surface area contributed by atoms with Gasteiger partial charge >= 0.3 is 11.9 Å². The van der Waals surface area contributed by atoms with Gasteiger partial charge in [-0.1, -0.05) is 30.4 Å². The van der Waals surface area contributed by atoms with Crippen LogP contribution in [-0.4, -0.2) is 17.0 Å². The minimum atomic E-state index is -3.65. The number of hydrogen-bond acceptors (Lipinski definition) is 1. The van der Waals surface area contributed by atoms with Crippen molar-refractivity contribution in [1.29, 1.82) is 0 Å². The molecule has 1 aliphatic rings. The van der Waals surface area contributed by atoms with Crippen LogP contribution >= 0.6 is 0 Å². The topological polar surface area (TPSA) is 37.3 Å². The van der Waals surface area contributed by atoms with Gasteiger partial charge in [-0.05, 0) is 36.0 Å². The van der Waals surface area contributed by atoms with E-state index >= 15 is 0 Å². The third-order valence-electron chi connectivity index (χ3n) is 3.13. The van der Waals surface area contributed by atoms with Crippen molar-refractivity contribution in [3.63, 3.8) is 0 Å². The summed E-state index contributed by atoms with van der Waals surface area (Å²) >= 11 is 0. The number of rotatable bonds is 4. The average molecular weight is 252 g/mol. The molecule has 0 radical (unpaired) electrons. The number of carboxylic acids is 1. The van der Waals surface area contributed by atoms with Crippen molar-refractivity contribution in [3.05, 3.63) is 41.0 Å². The summed E-state index contributed by atoms with van der Waals surface area (Å²) in [5, 5.41) is 8.35. The minimum absolute atomic E-state index is 0.0699. The second-order valence-electron chi connectivity index (χ2n) is 4.48. The molecule has 0 spiro atoms. The van der Waals surface area contributed by atoms with Crippen LogP contribution in [0.4, 0.5) is 8.78 Å². The van der Waals surface area contributed by atoms with Crippen LogP contribution in [0, 0.1) is 0 Å². The molecule has 0 atom stereocenters. The smallest absolute Gasteiger partial charge is 0.374 e. The molecule has 0 bridgehead atoms. The van der Waals surface area contributed by atoms with Gasteiger partial charge in [0.2, 0.25) is 0 Å². The van der Waals surface area contributed by atoms with E-state index in [9.17, 15) is 13.6 Å². The van der Waals surface area contributed by atoms with Gasteiger partial charge in [-0.3, -0.25) is 0 Å². The van der Waals surface area contributed by atoms with E-state index in [0.29, 0.717) is 0 Å². The third kappa shape index (κ3) is 2.75. The van der Waals surface area contributed by atoms with Gasteiger partial charge in [-0.2, -0.15) is 8.78 Å². The predicted molar refractivity (Wildman–Crippen MR) is 64.7 cm³/mol. The zero-order chi connectivity index (χ0) is 13.2. The summed E-state index contributed by atoms with van der Waals surface area (Å²) in [7, 11) is 0. The highest BCUT2D eigenvalue weighted by Gasteiger charge is 2.37. The number of carbonyl (C=O) groups is 1. The Labute approximate surface area is 104 Å². The third-order valence-corrected chi connectivity index (χ3v) is 3.13. The summed E-state index contributed by atoms with van der Waals surface area (Å²) in [5.74, 6) is -5.70. The molecule has 0 saturated heterocycles. The van der Waals surface area contributed by atoms with Crippen molar-refractivity contribution in [3.8, 4) is 0 Å². The van der Waals surface area contributed by atoms with E-state index in [1.165, 1.54) is 5.56 Å². The predicted octanol–water partition coefficient (Wildman–Crippen LogP) is 3.30. The second-order valence-corrected chi connectivity index (χ2v) is 4.48. The molecular formula is C14H14F2O2. The Morgan fingerprint density at radius 1 is 1.39 bits per heavy atom. The number of benzene rings is 1. The zero-order valence-corrected chi connectivity index (χ0v) is 9.83. The van der Waals surface area contributed by atoms with Crippen molar-refractivity contribution in [1.82, 2.24) is 0 Å². The summed E-state index contributed by atoms with van der Waals surface area (Å²) in [6, 6.07) is 5.60. The minimum Gasteiger partial charge on any atom is -0.477 e. The van der Waals surface area contributed by atoms with Gasteiger partial charge in [-0.15, -0.1) is 0 Å². The lowest BCUT2D eigenvalue weighted by atomic mass is 9.94. The molecule has 1 aliphatic carbocycles. The Kier molecular flexibility index (Phi) is 3.45. The number of aliphatic carboxylic acids is 1. The number of hydrogen-bond donors (Lipinski definition) is 1. The summed E-state index contributed by atoms with van der Waals surface area (Å²) < 4.78 is 25.9. The van der Waals surface area contributed by atoms with Gasteiger partial charge in [0.05, 0.1) is 0 Å². The molecule has 0 saturated carbocycles. The highest BCUT2D eigenvalue weighted by Crippen LogP contribution is 2.24. The van der Waals surface area contributed by atoms with Crippen LogP contribution in [0.5, 0.6) is 0 Å². The summed E-state index contributed by atoms with van der Waals surface area (Å²) in [6.45, 7) is 0. The van der Waals surface area contributed by atoms with E-state index < -0.39 is 18.3 Å². The molecule has 1 aromatic carbocycles. The maximum atomic E-state index is 13.0. The highest BCUT2D eigenvalue weighted by molar-refractivity contribution is 5.75. The maximum absolute atomic E-state index is 13.0. The summed E-state index contributed by atoms with van der Waals surface area (Å²) in [4.78, 5) is 10.3. The number of allylic oxidation sites excluding steroid dienone is 1. The van der Waals surface area contributed by atoms with Crippen LogP contribution in [0.25, 0.3) is 6.08 Å². The second kappa shape index (κ2) is 4.88. The normalized spacial score (nSPS) is 14.3. The molecule has 0 amide bonds. The molecule has 18 heavy (non-hydrogen) atoms. The quantitative estimate of drug-likeness (QED) is 0.892. The molecule has 0 unspecified atom stereocenters. The van der Waals surface area contributed by atoms with Gasteiger partial charge in [0.1, 0.15) is 0 Å². The number of alkyl halides is 2. The first-order valence-corrected chi connectivity index (χ1v) is 5.88. The van der Waals surface area contributed by atoms with E-state index in [-0.39, 0.29) is 6.42 Å². The maximum Gasteiger partial charge on any atom is 0.374 e. The first-order chi connectivity index (χ1) is 8.49. The van der Waals surface area contributed by atoms with Crippen molar-refractivity contribution >= 4 is 12.0 Å². The standard InChI is InChI=1S/C14H14F2O2/c15-14(16,13(17)18)8-7-10-5-6-11-3-1-2-4-12(11)9-10/h2,4-6,9H,1,3,7-8H2,(H,17,18). The van der Waals surface area contributed by atoms with E-state index in [1.807, 2.05) is 18.2 Å². The summed E-state index contributed by atoms with van der Waals surface area (Å²) in [5.41, 5.74) is 3.02. The van der Waals surface area contributed by atoms with Gasteiger partial charge in [0.15, 0.2) is 0 Å². The SMILES string of the molecule is O=C(O)C(F)(F)CCc1ccc2c(c1)C=CCC2. The Bertz CT molecular complexity index is 493. The fourth-order valence-electron chi connectivity index (χ4n) is 2.04. The van der Waals surface area contributed by atoms with Gasteiger partial charge in [0.25, 0.3) is 0 Å². The Hall–Kier alpha value is -1.71. The van der Waals surface area contributed by atoms with Crippen molar-refractivity contribution in [2.45, 2.75) is 31.6 Å². The zero-order valence-electron chi connectivity index (χ0n) is 9.83. The van der Waals surface area contributed by atoms with Crippen LogP contribution in [0.15, 0.2) is 24.3 Å². The molecular weight excluding hydrogens is 238 g/mol. The molecule has 0 aliphatic heterocycles. The summed E-state index contributed by atoms with van der Waals surface area (Å²) in [6.07, 6.45) is 5.42. The fraction of sp³-hybridized carbons (Fsp3) is 0.357. The fourth-order valence-corrected chi connectivity index (χ4v) is 2.04. The van der Waals surface area contributed by atoms with E-state index in [4.69, 9.17) is 5.11 Å². The Morgan fingerprint density at radius 3 is 2.89 bits per heavy atom. The number of fused-ring (bicyclic) bond motifs is 1. The van der Waals surface area contributed by atoms with Crippen LogP contribution in [0.2, 0.25) is 0 Å². The molecule has 0 aromatic heterocycles. The first kappa shape index (κ1) is 12.7. The molecule has 4 heteroatoms. The Balaban J connectivity index is 2.08. The molecule has 1 aromatic rings. The van der Waals surface area contributed by atoms with Gasteiger partial charge in [0, 0.05) is 6.42 Å².